The zero-order chi connectivity index (χ0) is 28.6. The fraction of sp³-hybridized carbons (Fsp3) is 0.286. The molecule has 0 aromatic heterocycles. The summed E-state index contributed by atoms with van der Waals surface area (Å²) in [5.41, 5.74) is 1.68. The quantitative estimate of drug-likeness (QED) is 0.333. The Labute approximate surface area is 239 Å². The maximum atomic E-state index is 14.0. The van der Waals surface area contributed by atoms with E-state index in [1.165, 1.54) is 11.9 Å². The van der Waals surface area contributed by atoms with Gasteiger partial charge < -0.3 is 15.0 Å². The van der Waals surface area contributed by atoms with Crippen molar-refractivity contribution in [3.63, 3.8) is 0 Å². The first-order valence-electron chi connectivity index (χ1n) is 12.2. The fourth-order valence-corrected chi connectivity index (χ4v) is 5.26. The van der Waals surface area contributed by atoms with Crippen LogP contribution in [0.25, 0.3) is 0 Å². The Morgan fingerprint density at radius 1 is 0.949 bits per heavy atom. The molecule has 0 aliphatic rings. The van der Waals surface area contributed by atoms with Gasteiger partial charge in [0, 0.05) is 20.0 Å². The van der Waals surface area contributed by atoms with Crippen LogP contribution in [0.5, 0.6) is 5.75 Å². The Bertz CT molecular complexity index is 1400. The molecular weight excluding hydrogens is 561 g/mol. The number of sulfonamides is 1. The standard InChI is InChI=1S/C28H31Cl2N3O5S/c1-4-38-26-13-9-8-12-24(26)33(39(3,36)37)19-27(34)32(18-21-14-15-22(29)23(30)16-21)25(28(35)31-2)17-20-10-6-5-7-11-20/h5-16,25H,4,17-19H2,1-3H3,(H,31,35)/t25-/m1/s1. The van der Waals surface area contributed by atoms with Crippen molar-refractivity contribution < 1.29 is 22.7 Å². The van der Waals surface area contributed by atoms with Crippen LogP contribution in [-0.4, -0.2) is 57.6 Å². The van der Waals surface area contributed by atoms with Crippen LogP contribution in [0.3, 0.4) is 0 Å². The molecule has 0 aliphatic heterocycles. The number of nitrogens with zero attached hydrogens (tertiary/aromatic N) is 2. The van der Waals surface area contributed by atoms with Crippen molar-refractivity contribution in [2.75, 3.05) is 30.8 Å². The Morgan fingerprint density at radius 2 is 1.62 bits per heavy atom. The molecular formula is C28H31Cl2N3O5S. The van der Waals surface area contributed by atoms with E-state index in [2.05, 4.69) is 5.32 Å². The molecule has 8 nitrogen and oxygen atoms in total. The topological polar surface area (TPSA) is 96.0 Å². The van der Waals surface area contributed by atoms with Crippen molar-refractivity contribution in [1.29, 1.82) is 0 Å². The first-order chi connectivity index (χ1) is 18.5. The van der Waals surface area contributed by atoms with Crippen LogP contribution in [0.4, 0.5) is 5.69 Å². The van der Waals surface area contributed by atoms with Crippen molar-refractivity contribution >= 4 is 50.7 Å². The lowest BCUT2D eigenvalue weighted by Crippen LogP contribution is -2.52. The number of nitrogens with one attached hydrogen (secondary N) is 1. The average molecular weight is 593 g/mol. The van der Waals surface area contributed by atoms with E-state index in [1.807, 2.05) is 30.3 Å². The molecule has 208 valence electrons. The predicted molar refractivity (Wildman–Crippen MR) is 155 cm³/mol. The summed E-state index contributed by atoms with van der Waals surface area (Å²) in [5, 5.41) is 3.28. The highest BCUT2D eigenvalue weighted by Crippen LogP contribution is 2.30. The van der Waals surface area contributed by atoms with Gasteiger partial charge in [0.2, 0.25) is 21.8 Å². The average Bonchev–Trinajstić information content (AvgIpc) is 2.91. The van der Waals surface area contributed by atoms with Crippen LogP contribution in [0.2, 0.25) is 10.0 Å². The molecule has 0 radical (unpaired) electrons. The Balaban J connectivity index is 2.07. The van der Waals surface area contributed by atoms with Gasteiger partial charge in [-0.15, -0.1) is 0 Å². The van der Waals surface area contributed by atoms with E-state index in [4.69, 9.17) is 27.9 Å². The van der Waals surface area contributed by atoms with Crippen LogP contribution in [0.15, 0.2) is 72.8 Å². The number of hydrogen-bond acceptors (Lipinski definition) is 5. The number of carbonyl (C=O) groups excluding carboxylic acids is 2. The first-order valence-corrected chi connectivity index (χ1v) is 14.8. The highest BCUT2D eigenvalue weighted by molar-refractivity contribution is 7.92. The van der Waals surface area contributed by atoms with E-state index in [-0.39, 0.29) is 18.7 Å². The first kappa shape index (κ1) is 30.3. The molecule has 0 unspecified atom stereocenters. The number of anilines is 1. The smallest absolute Gasteiger partial charge is 0.244 e. The number of amides is 2. The van der Waals surface area contributed by atoms with Gasteiger partial charge in [-0.25, -0.2) is 8.42 Å². The molecule has 0 saturated heterocycles. The fourth-order valence-electron chi connectivity index (χ4n) is 4.09. The van der Waals surface area contributed by atoms with Crippen LogP contribution in [0.1, 0.15) is 18.1 Å². The van der Waals surface area contributed by atoms with Crippen molar-refractivity contribution in [3.8, 4) is 5.75 Å². The lowest BCUT2D eigenvalue weighted by atomic mass is 10.0. The molecule has 1 atom stereocenters. The summed E-state index contributed by atoms with van der Waals surface area (Å²) in [4.78, 5) is 28.5. The number of carbonyl (C=O) groups is 2. The second-order valence-corrected chi connectivity index (χ2v) is 11.5. The van der Waals surface area contributed by atoms with Gasteiger partial charge in [-0.1, -0.05) is 71.7 Å². The summed E-state index contributed by atoms with van der Waals surface area (Å²) in [6, 6.07) is 19.8. The summed E-state index contributed by atoms with van der Waals surface area (Å²) in [7, 11) is -2.43. The van der Waals surface area contributed by atoms with Crippen LogP contribution < -0.4 is 14.4 Å². The molecule has 3 rings (SSSR count). The van der Waals surface area contributed by atoms with E-state index in [0.29, 0.717) is 28.0 Å². The van der Waals surface area contributed by atoms with Crippen molar-refractivity contribution in [2.45, 2.75) is 25.9 Å². The SMILES string of the molecule is CCOc1ccccc1N(CC(=O)N(Cc1ccc(Cl)c(Cl)c1)[C@H](Cc1ccccc1)C(=O)NC)S(C)(=O)=O. The number of benzene rings is 3. The summed E-state index contributed by atoms with van der Waals surface area (Å²) >= 11 is 12.3. The van der Waals surface area contributed by atoms with Gasteiger partial charge in [0.05, 0.1) is 28.6 Å². The minimum Gasteiger partial charge on any atom is -0.492 e. The molecule has 1 N–H and O–H groups in total. The van der Waals surface area contributed by atoms with E-state index < -0.39 is 34.4 Å². The van der Waals surface area contributed by atoms with E-state index >= 15 is 0 Å². The van der Waals surface area contributed by atoms with Gasteiger partial charge in [-0.05, 0) is 42.3 Å². The molecule has 39 heavy (non-hydrogen) atoms. The second kappa shape index (κ2) is 13.7. The Morgan fingerprint density at radius 3 is 2.23 bits per heavy atom. The minimum absolute atomic E-state index is 0.00858. The van der Waals surface area contributed by atoms with Gasteiger partial charge in [-0.3, -0.25) is 13.9 Å². The van der Waals surface area contributed by atoms with Gasteiger partial charge in [-0.2, -0.15) is 0 Å². The third kappa shape index (κ3) is 8.11. The molecule has 0 spiro atoms. The molecule has 0 bridgehead atoms. The zero-order valence-corrected chi connectivity index (χ0v) is 24.3. The molecule has 3 aromatic rings. The Kier molecular flexibility index (Phi) is 10.6. The molecule has 0 heterocycles. The zero-order valence-electron chi connectivity index (χ0n) is 21.9. The number of likely N-dealkylation sites (N-methyl/N-ethyl adjacent to an activating group) is 1. The number of para-hydroxylation sites is 2. The third-order valence-corrected chi connectivity index (χ3v) is 7.83. The lowest BCUT2D eigenvalue weighted by molar-refractivity contribution is -0.139. The molecule has 2 amide bonds. The molecule has 11 heteroatoms. The maximum Gasteiger partial charge on any atom is 0.244 e. The lowest BCUT2D eigenvalue weighted by Gasteiger charge is -2.33. The monoisotopic (exact) mass is 591 g/mol. The largest absolute Gasteiger partial charge is 0.492 e. The summed E-state index contributed by atoms with van der Waals surface area (Å²) < 4.78 is 32.5. The van der Waals surface area contributed by atoms with Crippen molar-refractivity contribution in [1.82, 2.24) is 10.2 Å². The second-order valence-electron chi connectivity index (χ2n) is 8.76. The van der Waals surface area contributed by atoms with Gasteiger partial charge in [0.15, 0.2) is 0 Å². The maximum absolute atomic E-state index is 14.0. The third-order valence-electron chi connectivity index (χ3n) is 5.97. The predicted octanol–water partition coefficient (Wildman–Crippen LogP) is 4.54. The van der Waals surface area contributed by atoms with Gasteiger partial charge >= 0.3 is 0 Å². The van der Waals surface area contributed by atoms with E-state index in [9.17, 15) is 18.0 Å². The normalized spacial score (nSPS) is 11.9. The number of hydrogen-bond donors (Lipinski definition) is 1. The summed E-state index contributed by atoms with van der Waals surface area (Å²) in [6.45, 7) is 1.53. The molecule has 0 fully saturated rings. The van der Waals surface area contributed by atoms with Crippen LogP contribution in [-0.2, 0) is 32.6 Å². The van der Waals surface area contributed by atoms with Gasteiger partial charge in [0.25, 0.3) is 0 Å². The van der Waals surface area contributed by atoms with Gasteiger partial charge in [0.1, 0.15) is 18.3 Å². The highest BCUT2D eigenvalue weighted by atomic mass is 35.5. The summed E-state index contributed by atoms with van der Waals surface area (Å²) in [5.74, 6) is -0.656. The highest BCUT2D eigenvalue weighted by Gasteiger charge is 2.33. The van der Waals surface area contributed by atoms with E-state index in [0.717, 1.165) is 16.1 Å². The minimum atomic E-state index is -3.92. The molecule has 0 saturated carbocycles. The van der Waals surface area contributed by atoms with Crippen molar-refractivity contribution in [2.24, 2.45) is 0 Å². The number of halogens is 2. The van der Waals surface area contributed by atoms with Crippen LogP contribution in [0, 0.1) is 0 Å². The Hall–Kier alpha value is -3.27. The summed E-state index contributed by atoms with van der Waals surface area (Å²) in [6.07, 6.45) is 1.23. The van der Waals surface area contributed by atoms with Crippen LogP contribution >= 0.6 is 23.2 Å². The number of ether oxygens (including phenoxy) is 1. The number of rotatable bonds is 12. The molecule has 3 aromatic carbocycles. The van der Waals surface area contributed by atoms with E-state index in [1.54, 1.807) is 49.4 Å². The van der Waals surface area contributed by atoms with Crippen molar-refractivity contribution in [3.05, 3.63) is 94.0 Å². The molecule has 0 aliphatic carbocycles.